The van der Waals surface area contributed by atoms with Gasteiger partial charge in [0.25, 0.3) is 5.91 Å². The Morgan fingerprint density at radius 3 is 2.42 bits per heavy atom. The maximum absolute atomic E-state index is 13.0. The van der Waals surface area contributed by atoms with Gasteiger partial charge >= 0.3 is 6.18 Å². The zero-order chi connectivity index (χ0) is 17.7. The fourth-order valence-corrected chi connectivity index (χ4v) is 2.20. The van der Waals surface area contributed by atoms with Crippen LogP contribution < -0.4 is 14.8 Å². The number of carbonyl (C=O) groups excluding carboxylic acids is 1. The topological polar surface area (TPSA) is 47.6 Å². The number of carbonyl (C=O) groups is 1. The van der Waals surface area contributed by atoms with Gasteiger partial charge in [0, 0.05) is 18.2 Å². The Bertz CT molecular complexity index is 729. The maximum Gasteiger partial charge on any atom is 0.417 e. The van der Waals surface area contributed by atoms with Crippen molar-refractivity contribution in [2.75, 3.05) is 14.2 Å². The van der Waals surface area contributed by atoms with Crippen LogP contribution in [0.1, 0.15) is 21.5 Å². The number of amides is 1. The molecule has 0 aromatic heterocycles. The minimum atomic E-state index is -4.59. The Labute approximate surface area is 137 Å². The minimum absolute atomic E-state index is 0.0260. The quantitative estimate of drug-likeness (QED) is 0.904. The van der Waals surface area contributed by atoms with Crippen molar-refractivity contribution < 1.29 is 27.4 Å². The van der Waals surface area contributed by atoms with Gasteiger partial charge in [0.2, 0.25) is 0 Å². The van der Waals surface area contributed by atoms with E-state index in [-0.39, 0.29) is 6.54 Å². The van der Waals surface area contributed by atoms with E-state index in [1.54, 1.807) is 18.2 Å². The number of methoxy groups -OCH3 is 2. The second-order valence-corrected chi connectivity index (χ2v) is 4.90. The number of alkyl halides is 3. The van der Waals surface area contributed by atoms with Gasteiger partial charge in [0.1, 0.15) is 11.5 Å². The predicted molar refractivity (Wildman–Crippen MR) is 82.2 cm³/mol. The Morgan fingerprint density at radius 2 is 1.79 bits per heavy atom. The molecule has 0 radical (unpaired) electrons. The van der Waals surface area contributed by atoms with Crippen LogP contribution in [0.25, 0.3) is 0 Å². The highest BCUT2D eigenvalue weighted by Gasteiger charge is 2.34. The highest BCUT2D eigenvalue weighted by atomic mass is 19.4. The number of ether oxygens (including phenoxy) is 2. The number of halogens is 3. The molecule has 0 bridgehead atoms. The molecule has 0 unspecified atom stereocenters. The number of hydrogen-bond acceptors (Lipinski definition) is 3. The molecule has 7 heteroatoms. The summed E-state index contributed by atoms with van der Waals surface area (Å²) in [7, 11) is 2.96. The molecule has 0 spiro atoms. The third kappa shape index (κ3) is 3.98. The van der Waals surface area contributed by atoms with Gasteiger partial charge in [-0.05, 0) is 24.3 Å². The summed E-state index contributed by atoms with van der Waals surface area (Å²) in [4.78, 5) is 12.1. The van der Waals surface area contributed by atoms with Gasteiger partial charge in [-0.15, -0.1) is 0 Å². The van der Waals surface area contributed by atoms with Crippen LogP contribution in [-0.4, -0.2) is 20.1 Å². The van der Waals surface area contributed by atoms with E-state index in [9.17, 15) is 18.0 Å². The summed E-state index contributed by atoms with van der Waals surface area (Å²) in [6.07, 6.45) is -4.59. The lowest BCUT2D eigenvalue weighted by molar-refractivity contribution is -0.137. The van der Waals surface area contributed by atoms with Crippen molar-refractivity contribution in [1.29, 1.82) is 0 Å². The minimum Gasteiger partial charge on any atom is -0.497 e. The summed E-state index contributed by atoms with van der Waals surface area (Å²) in [6.45, 7) is 0.0260. The van der Waals surface area contributed by atoms with Crippen molar-refractivity contribution in [2.24, 2.45) is 0 Å². The molecular formula is C17H16F3NO3. The molecule has 2 aromatic carbocycles. The SMILES string of the molecule is COc1ccc(CNC(=O)c2ccccc2C(F)(F)F)c(OC)c1. The zero-order valence-electron chi connectivity index (χ0n) is 13.1. The smallest absolute Gasteiger partial charge is 0.417 e. The standard InChI is InChI=1S/C17H16F3NO3/c1-23-12-8-7-11(15(9-12)24-2)10-21-16(22)13-5-3-4-6-14(13)17(18,19)20/h3-9H,10H2,1-2H3,(H,21,22). The maximum atomic E-state index is 13.0. The largest absolute Gasteiger partial charge is 0.497 e. The van der Waals surface area contributed by atoms with E-state index in [4.69, 9.17) is 9.47 Å². The van der Waals surface area contributed by atoms with Crippen molar-refractivity contribution in [3.8, 4) is 11.5 Å². The molecule has 4 nitrogen and oxygen atoms in total. The lowest BCUT2D eigenvalue weighted by Crippen LogP contribution is -2.26. The average Bonchev–Trinajstić information content (AvgIpc) is 2.58. The van der Waals surface area contributed by atoms with E-state index in [1.807, 2.05) is 0 Å². The van der Waals surface area contributed by atoms with E-state index in [2.05, 4.69) is 5.32 Å². The van der Waals surface area contributed by atoms with Crippen molar-refractivity contribution in [3.63, 3.8) is 0 Å². The molecule has 2 aromatic rings. The highest BCUT2D eigenvalue weighted by molar-refractivity contribution is 5.95. The molecule has 0 aliphatic carbocycles. The third-order valence-corrected chi connectivity index (χ3v) is 3.41. The second kappa shape index (κ2) is 7.25. The van der Waals surface area contributed by atoms with Crippen LogP contribution in [0, 0.1) is 0 Å². The molecule has 0 atom stereocenters. The number of nitrogens with one attached hydrogen (secondary N) is 1. The fourth-order valence-electron chi connectivity index (χ4n) is 2.20. The van der Waals surface area contributed by atoms with Gasteiger partial charge in [-0.2, -0.15) is 13.2 Å². The van der Waals surface area contributed by atoms with E-state index in [0.29, 0.717) is 17.1 Å². The molecule has 24 heavy (non-hydrogen) atoms. The van der Waals surface area contributed by atoms with Gasteiger partial charge < -0.3 is 14.8 Å². The van der Waals surface area contributed by atoms with E-state index >= 15 is 0 Å². The van der Waals surface area contributed by atoms with Crippen molar-refractivity contribution in [2.45, 2.75) is 12.7 Å². The lowest BCUT2D eigenvalue weighted by Gasteiger charge is -2.14. The van der Waals surface area contributed by atoms with Crippen LogP contribution in [0.15, 0.2) is 42.5 Å². The molecule has 1 N–H and O–H groups in total. The van der Waals surface area contributed by atoms with Gasteiger partial charge in [-0.3, -0.25) is 4.79 Å². The normalized spacial score (nSPS) is 11.0. The first-order chi connectivity index (χ1) is 11.4. The Kier molecular flexibility index (Phi) is 5.33. The van der Waals surface area contributed by atoms with Crippen LogP contribution in [-0.2, 0) is 12.7 Å². The third-order valence-electron chi connectivity index (χ3n) is 3.41. The summed E-state index contributed by atoms with van der Waals surface area (Å²) in [5.41, 5.74) is -0.766. The van der Waals surface area contributed by atoms with Crippen LogP contribution in [0.5, 0.6) is 11.5 Å². The van der Waals surface area contributed by atoms with E-state index in [1.165, 1.54) is 26.4 Å². The summed E-state index contributed by atoms with van der Waals surface area (Å²) in [6, 6.07) is 9.63. The molecule has 2 rings (SSSR count). The van der Waals surface area contributed by atoms with Crippen LogP contribution >= 0.6 is 0 Å². The van der Waals surface area contributed by atoms with Crippen LogP contribution in [0.3, 0.4) is 0 Å². The van der Waals surface area contributed by atoms with Crippen molar-refractivity contribution in [1.82, 2.24) is 5.32 Å². The van der Waals surface area contributed by atoms with Gasteiger partial charge in [-0.25, -0.2) is 0 Å². The summed E-state index contributed by atoms with van der Waals surface area (Å²) in [5, 5.41) is 2.48. The Morgan fingerprint density at radius 1 is 1.08 bits per heavy atom. The van der Waals surface area contributed by atoms with E-state index < -0.39 is 23.2 Å². The Hall–Kier alpha value is -2.70. The van der Waals surface area contributed by atoms with Crippen LogP contribution in [0.2, 0.25) is 0 Å². The monoisotopic (exact) mass is 339 g/mol. The molecular weight excluding hydrogens is 323 g/mol. The fraction of sp³-hybridized carbons (Fsp3) is 0.235. The summed E-state index contributed by atoms with van der Waals surface area (Å²) in [5.74, 6) is 0.240. The average molecular weight is 339 g/mol. The lowest BCUT2D eigenvalue weighted by atomic mass is 10.1. The summed E-state index contributed by atoms with van der Waals surface area (Å²) >= 11 is 0. The van der Waals surface area contributed by atoms with Crippen LogP contribution in [0.4, 0.5) is 13.2 Å². The molecule has 0 saturated heterocycles. The number of benzene rings is 2. The Balaban J connectivity index is 2.18. The first-order valence-corrected chi connectivity index (χ1v) is 7.02. The molecule has 128 valence electrons. The van der Waals surface area contributed by atoms with Gasteiger partial charge in [0.05, 0.1) is 25.3 Å². The second-order valence-electron chi connectivity index (χ2n) is 4.90. The summed E-state index contributed by atoms with van der Waals surface area (Å²) < 4.78 is 49.1. The molecule has 0 fully saturated rings. The number of hydrogen-bond donors (Lipinski definition) is 1. The first kappa shape index (κ1) is 17.7. The van der Waals surface area contributed by atoms with Crippen molar-refractivity contribution in [3.05, 3.63) is 59.2 Å². The van der Waals surface area contributed by atoms with Crippen molar-refractivity contribution >= 4 is 5.91 Å². The predicted octanol–water partition coefficient (Wildman–Crippen LogP) is 3.65. The molecule has 0 aliphatic heterocycles. The zero-order valence-corrected chi connectivity index (χ0v) is 13.1. The molecule has 0 heterocycles. The highest BCUT2D eigenvalue weighted by Crippen LogP contribution is 2.32. The molecule has 0 saturated carbocycles. The molecule has 0 aliphatic rings. The first-order valence-electron chi connectivity index (χ1n) is 7.02. The van der Waals surface area contributed by atoms with Gasteiger partial charge in [-0.1, -0.05) is 12.1 Å². The molecule has 1 amide bonds. The van der Waals surface area contributed by atoms with Gasteiger partial charge in [0.15, 0.2) is 0 Å². The van der Waals surface area contributed by atoms with E-state index in [0.717, 1.165) is 12.1 Å². The number of rotatable bonds is 5.